The molecule has 172 valence electrons. The van der Waals surface area contributed by atoms with Crippen molar-refractivity contribution in [2.45, 2.75) is 38.5 Å². The first-order valence-corrected chi connectivity index (χ1v) is 12.2. The molecule has 0 unspecified atom stereocenters. The molecule has 1 N–H and O–H groups in total. The van der Waals surface area contributed by atoms with E-state index in [1.165, 1.54) is 4.31 Å². The van der Waals surface area contributed by atoms with Gasteiger partial charge in [0.25, 0.3) is 0 Å². The molecule has 0 saturated carbocycles. The number of amides is 1. The minimum Gasteiger partial charge on any atom is -0.494 e. The Hall–Kier alpha value is -2.91. The van der Waals surface area contributed by atoms with E-state index in [1.807, 2.05) is 44.5 Å². The highest BCUT2D eigenvalue weighted by atomic mass is 32.2. The van der Waals surface area contributed by atoms with Crippen molar-refractivity contribution in [2.75, 3.05) is 25.0 Å². The van der Waals surface area contributed by atoms with Gasteiger partial charge in [0.1, 0.15) is 11.6 Å². The zero-order valence-corrected chi connectivity index (χ0v) is 19.8. The first-order chi connectivity index (χ1) is 15.3. The maximum Gasteiger partial charge on any atom is 0.243 e. The maximum absolute atomic E-state index is 12.8. The van der Waals surface area contributed by atoms with Gasteiger partial charge in [-0.2, -0.15) is 4.31 Å². The summed E-state index contributed by atoms with van der Waals surface area (Å²) >= 11 is 0. The van der Waals surface area contributed by atoms with E-state index in [-0.39, 0.29) is 17.2 Å². The fourth-order valence-electron chi connectivity index (χ4n) is 3.58. The number of imidazole rings is 1. The Bertz CT molecular complexity index is 1180. The molecular weight excluding hydrogens is 428 g/mol. The van der Waals surface area contributed by atoms with Gasteiger partial charge in [-0.15, -0.1) is 0 Å². The van der Waals surface area contributed by atoms with Gasteiger partial charge in [-0.3, -0.25) is 4.79 Å². The lowest BCUT2D eigenvalue weighted by Gasteiger charge is -2.18. The van der Waals surface area contributed by atoms with Crippen molar-refractivity contribution in [2.24, 2.45) is 7.05 Å². The minimum atomic E-state index is -3.55. The van der Waals surface area contributed by atoms with Crippen molar-refractivity contribution in [1.82, 2.24) is 13.9 Å². The number of hydrogen-bond donors (Lipinski definition) is 1. The van der Waals surface area contributed by atoms with Crippen molar-refractivity contribution < 1.29 is 17.9 Å². The fourth-order valence-corrected chi connectivity index (χ4v) is 5.05. The molecule has 0 aliphatic rings. The van der Waals surface area contributed by atoms with E-state index >= 15 is 0 Å². The summed E-state index contributed by atoms with van der Waals surface area (Å²) in [5, 5.41) is 2.87. The van der Waals surface area contributed by atoms with Gasteiger partial charge in [0, 0.05) is 38.7 Å². The number of anilines is 1. The van der Waals surface area contributed by atoms with E-state index in [1.54, 1.807) is 30.3 Å². The van der Waals surface area contributed by atoms with E-state index in [0.29, 0.717) is 37.3 Å². The largest absolute Gasteiger partial charge is 0.494 e. The summed E-state index contributed by atoms with van der Waals surface area (Å²) in [5.41, 5.74) is 2.13. The van der Waals surface area contributed by atoms with Crippen LogP contribution in [0.2, 0.25) is 0 Å². The molecule has 0 atom stereocenters. The van der Waals surface area contributed by atoms with Gasteiger partial charge in [-0.05, 0) is 49.4 Å². The van der Waals surface area contributed by atoms with Gasteiger partial charge < -0.3 is 14.6 Å². The predicted octanol–water partition coefficient (Wildman–Crippen LogP) is 3.57. The number of benzene rings is 2. The first-order valence-electron chi connectivity index (χ1n) is 10.8. The van der Waals surface area contributed by atoms with Crippen LogP contribution in [0.25, 0.3) is 11.0 Å². The van der Waals surface area contributed by atoms with Crippen molar-refractivity contribution in [3.63, 3.8) is 0 Å². The first kappa shape index (κ1) is 23.7. The number of hydrogen-bond acceptors (Lipinski definition) is 5. The summed E-state index contributed by atoms with van der Waals surface area (Å²) < 4.78 is 34.3. The Labute approximate surface area is 189 Å². The quantitative estimate of drug-likeness (QED) is 0.501. The van der Waals surface area contributed by atoms with Crippen LogP contribution in [-0.4, -0.2) is 47.9 Å². The van der Waals surface area contributed by atoms with Crippen LogP contribution >= 0.6 is 0 Å². The smallest absolute Gasteiger partial charge is 0.243 e. The Morgan fingerprint density at radius 2 is 1.78 bits per heavy atom. The summed E-state index contributed by atoms with van der Waals surface area (Å²) in [5.74, 6) is 1.36. The molecule has 0 radical (unpaired) electrons. The minimum absolute atomic E-state index is 0.119. The number of ether oxygens (including phenoxy) is 1. The molecule has 1 heterocycles. The summed E-state index contributed by atoms with van der Waals surface area (Å²) in [4.78, 5) is 17.2. The highest BCUT2D eigenvalue weighted by Gasteiger charge is 2.22. The lowest BCUT2D eigenvalue weighted by Crippen LogP contribution is -2.30. The SMILES string of the molecule is CCOc1ccc(NC(=O)CCc2nc3cc(S(=O)(=O)N(CC)CC)ccc3n2C)cc1. The monoisotopic (exact) mass is 458 g/mol. The average molecular weight is 459 g/mol. The van der Waals surface area contributed by atoms with Crippen molar-refractivity contribution in [3.05, 3.63) is 48.3 Å². The lowest BCUT2D eigenvalue weighted by atomic mass is 10.2. The number of sulfonamides is 1. The zero-order chi connectivity index (χ0) is 23.3. The van der Waals surface area contributed by atoms with Crippen LogP contribution in [0, 0.1) is 0 Å². The Kier molecular flexibility index (Phi) is 7.52. The zero-order valence-electron chi connectivity index (χ0n) is 19.0. The molecule has 1 amide bonds. The van der Waals surface area contributed by atoms with E-state index in [0.717, 1.165) is 17.1 Å². The number of carbonyl (C=O) groups excluding carboxylic acids is 1. The molecule has 0 aliphatic carbocycles. The number of nitrogens with zero attached hydrogens (tertiary/aromatic N) is 3. The van der Waals surface area contributed by atoms with Crippen LogP contribution in [-0.2, 0) is 28.3 Å². The van der Waals surface area contributed by atoms with Gasteiger partial charge in [0.15, 0.2) is 0 Å². The highest BCUT2D eigenvalue weighted by Crippen LogP contribution is 2.23. The highest BCUT2D eigenvalue weighted by molar-refractivity contribution is 7.89. The number of aryl methyl sites for hydroxylation is 2. The Morgan fingerprint density at radius 3 is 2.41 bits per heavy atom. The molecule has 3 rings (SSSR count). The summed E-state index contributed by atoms with van der Waals surface area (Å²) in [6, 6.07) is 12.2. The third kappa shape index (κ3) is 5.11. The van der Waals surface area contributed by atoms with E-state index in [4.69, 9.17) is 4.74 Å². The number of fused-ring (bicyclic) bond motifs is 1. The van der Waals surface area contributed by atoms with Crippen molar-refractivity contribution in [1.29, 1.82) is 0 Å². The van der Waals surface area contributed by atoms with E-state index < -0.39 is 10.0 Å². The standard InChI is InChI=1S/C23H30N4O4S/c1-5-27(6-2)32(29,30)19-12-13-21-20(16-19)25-22(26(21)4)14-15-23(28)24-17-8-10-18(11-9-17)31-7-3/h8-13,16H,5-7,14-15H2,1-4H3,(H,24,28). The molecule has 2 aromatic carbocycles. The molecule has 0 saturated heterocycles. The van der Waals surface area contributed by atoms with Crippen LogP contribution in [0.4, 0.5) is 5.69 Å². The topological polar surface area (TPSA) is 93.5 Å². The van der Waals surface area contributed by atoms with Crippen LogP contribution in [0.15, 0.2) is 47.4 Å². The second-order valence-corrected chi connectivity index (χ2v) is 9.27. The molecule has 32 heavy (non-hydrogen) atoms. The molecule has 0 fully saturated rings. The van der Waals surface area contributed by atoms with Gasteiger partial charge in [-0.1, -0.05) is 13.8 Å². The molecule has 8 nitrogen and oxygen atoms in total. The fraction of sp³-hybridized carbons (Fsp3) is 0.391. The second-order valence-electron chi connectivity index (χ2n) is 7.33. The van der Waals surface area contributed by atoms with Gasteiger partial charge >= 0.3 is 0 Å². The molecule has 0 spiro atoms. The average Bonchev–Trinajstić information content (AvgIpc) is 3.09. The van der Waals surface area contributed by atoms with Crippen LogP contribution < -0.4 is 10.1 Å². The molecule has 1 aromatic heterocycles. The summed E-state index contributed by atoms with van der Waals surface area (Å²) in [6.45, 7) is 6.96. The van der Waals surface area contributed by atoms with Crippen molar-refractivity contribution in [3.8, 4) is 5.75 Å². The normalized spacial score (nSPS) is 11.8. The number of aromatic nitrogens is 2. The number of carbonyl (C=O) groups is 1. The van der Waals surface area contributed by atoms with Crippen LogP contribution in [0.1, 0.15) is 33.0 Å². The molecule has 9 heteroatoms. The lowest BCUT2D eigenvalue weighted by molar-refractivity contribution is -0.116. The number of nitrogens with one attached hydrogen (secondary N) is 1. The number of rotatable bonds is 10. The van der Waals surface area contributed by atoms with Crippen LogP contribution in [0.3, 0.4) is 0 Å². The summed E-state index contributed by atoms with van der Waals surface area (Å²) in [6.07, 6.45) is 0.696. The van der Waals surface area contributed by atoms with Crippen molar-refractivity contribution >= 4 is 32.7 Å². The van der Waals surface area contributed by atoms with E-state index in [9.17, 15) is 13.2 Å². The molecule has 0 bridgehead atoms. The Balaban J connectivity index is 1.71. The maximum atomic E-state index is 12.8. The molecule has 3 aromatic rings. The molecular formula is C23H30N4O4S. The van der Waals surface area contributed by atoms with Crippen LogP contribution in [0.5, 0.6) is 5.75 Å². The molecule has 0 aliphatic heterocycles. The second kappa shape index (κ2) is 10.1. The third-order valence-corrected chi connectivity index (χ3v) is 7.36. The predicted molar refractivity (Wildman–Crippen MR) is 125 cm³/mol. The summed E-state index contributed by atoms with van der Waals surface area (Å²) in [7, 11) is -1.68. The Morgan fingerprint density at radius 1 is 1.09 bits per heavy atom. The van der Waals surface area contributed by atoms with Gasteiger partial charge in [-0.25, -0.2) is 13.4 Å². The third-order valence-electron chi connectivity index (χ3n) is 5.31. The van der Waals surface area contributed by atoms with Gasteiger partial charge in [0.2, 0.25) is 15.9 Å². The van der Waals surface area contributed by atoms with E-state index in [2.05, 4.69) is 10.3 Å². The van der Waals surface area contributed by atoms with Gasteiger partial charge in [0.05, 0.1) is 22.5 Å².